The number of halogens is 1. The summed E-state index contributed by atoms with van der Waals surface area (Å²) in [7, 11) is 1.51. The highest BCUT2D eigenvalue weighted by molar-refractivity contribution is 14.1. The number of benzene rings is 1. The number of ether oxygens (including phenoxy) is 1. The van der Waals surface area contributed by atoms with E-state index in [0.717, 1.165) is 3.57 Å². The molecule has 2 N–H and O–H groups in total. The first-order chi connectivity index (χ1) is 8.54. The Kier molecular flexibility index (Phi) is 6.30. The van der Waals surface area contributed by atoms with Crippen LogP contribution in [0.4, 0.5) is 11.4 Å². The lowest BCUT2D eigenvalue weighted by molar-refractivity contribution is -0.384. The molecular formula is C11H15IN2O4. The van der Waals surface area contributed by atoms with E-state index in [1.165, 1.54) is 13.2 Å². The zero-order valence-corrected chi connectivity index (χ0v) is 12.1. The Morgan fingerprint density at radius 1 is 1.61 bits per heavy atom. The molecule has 18 heavy (non-hydrogen) atoms. The van der Waals surface area contributed by atoms with Gasteiger partial charge in [-0.15, -0.1) is 0 Å². The number of aliphatic hydroxyl groups excluding tert-OH is 1. The molecule has 7 heteroatoms. The highest BCUT2D eigenvalue weighted by atomic mass is 127. The number of nitro benzene ring substituents is 1. The van der Waals surface area contributed by atoms with Crippen molar-refractivity contribution in [3.8, 4) is 0 Å². The number of nitrogens with zero attached hydrogens (tertiary/aromatic N) is 1. The summed E-state index contributed by atoms with van der Waals surface area (Å²) in [4.78, 5) is 10.4. The summed E-state index contributed by atoms with van der Waals surface area (Å²) in [6.45, 7) is 0.711. The van der Waals surface area contributed by atoms with Crippen LogP contribution in [0.1, 0.15) is 6.42 Å². The second-order valence-electron chi connectivity index (χ2n) is 3.74. The van der Waals surface area contributed by atoms with Crippen molar-refractivity contribution in [2.75, 3.05) is 25.6 Å². The van der Waals surface area contributed by atoms with E-state index in [1.807, 2.05) is 22.6 Å². The minimum Gasteiger partial charge on any atom is -0.391 e. The van der Waals surface area contributed by atoms with Gasteiger partial charge in [0.1, 0.15) is 5.69 Å². The van der Waals surface area contributed by atoms with Crippen LogP contribution < -0.4 is 5.32 Å². The molecule has 0 radical (unpaired) electrons. The van der Waals surface area contributed by atoms with E-state index in [2.05, 4.69) is 5.32 Å². The van der Waals surface area contributed by atoms with Gasteiger partial charge >= 0.3 is 0 Å². The number of hydrogen-bond donors (Lipinski definition) is 2. The second-order valence-corrected chi connectivity index (χ2v) is 4.99. The Morgan fingerprint density at radius 3 is 2.94 bits per heavy atom. The van der Waals surface area contributed by atoms with Gasteiger partial charge < -0.3 is 15.2 Å². The molecule has 1 atom stereocenters. The first-order valence-electron chi connectivity index (χ1n) is 5.39. The summed E-state index contributed by atoms with van der Waals surface area (Å²) in [5, 5.41) is 23.3. The van der Waals surface area contributed by atoms with E-state index in [-0.39, 0.29) is 12.3 Å². The van der Waals surface area contributed by atoms with E-state index < -0.39 is 11.0 Å². The van der Waals surface area contributed by atoms with Gasteiger partial charge in [-0.1, -0.05) is 0 Å². The monoisotopic (exact) mass is 366 g/mol. The molecule has 0 amide bonds. The molecule has 1 aromatic carbocycles. The van der Waals surface area contributed by atoms with E-state index in [0.29, 0.717) is 18.7 Å². The van der Waals surface area contributed by atoms with Gasteiger partial charge in [0, 0.05) is 23.3 Å². The van der Waals surface area contributed by atoms with Crippen molar-refractivity contribution in [1.82, 2.24) is 0 Å². The molecule has 1 aromatic rings. The molecule has 0 fully saturated rings. The second kappa shape index (κ2) is 7.49. The lowest BCUT2D eigenvalue weighted by Gasteiger charge is -2.11. The number of hydrogen-bond acceptors (Lipinski definition) is 5. The number of methoxy groups -OCH3 is 1. The summed E-state index contributed by atoms with van der Waals surface area (Å²) in [6, 6.07) is 4.97. The minimum atomic E-state index is -0.564. The van der Waals surface area contributed by atoms with Gasteiger partial charge in [-0.05, 0) is 41.1 Å². The van der Waals surface area contributed by atoms with E-state index in [1.54, 1.807) is 12.1 Å². The highest BCUT2D eigenvalue weighted by Gasteiger charge is 2.14. The van der Waals surface area contributed by atoms with E-state index >= 15 is 0 Å². The highest BCUT2D eigenvalue weighted by Crippen LogP contribution is 2.26. The molecule has 0 aliphatic heterocycles. The van der Waals surface area contributed by atoms with Crippen molar-refractivity contribution in [3.05, 3.63) is 31.9 Å². The van der Waals surface area contributed by atoms with Crippen molar-refractivity contribution in [2.45, 2.75) is 12.5 Å². The van der Waals surface area contributed by atoms with E-state index in [9.17, 15) is 15.2 Å². The summed E-state index contributed by atoms with van der Waals surface area (Å²) in [6.07, 6.45) is -0.0952. The zero-order chi connectivity index (χ0) is 13.5. The fourth-order valence-electron chi connectivity index (χ4n) is 1.45. The summed E-state index contributed by atoms with van der Waals surface area (Å²) >= 11 is 2.03. The number of nitrogens with one attached hydrogen (secondary N) is 1. The van der Waals surface area contributed by atoms with Gasteiger partial charge in [-0.2, -0.15) is 0 Å². The predicted octanol–water partition coefficient (Wildman–Crippen LogP) is 2.01. The van der Waals surface area contributed by atoms with Crippen molar-refractivity contribution in [1.29, 1.82) is 0 Å². The van der Waals surface area contributed by atoms with Crippen LogP contribution in [0.25, 0.3) is 0 Å². The summed E-state index contributed by atoms with van der Waals surface area (Å²) in [5.41, 5.74) is 0.508. The first kappa shape index (κ1) is 15.1. The lowest BCUT2D eigenvalue weighted by atomic mass is 10.2. The molecule has 1 rings (SSSR count). The van der Waals surface area contributed by atoms with Crippen LogP contribution in [-0.2, 0) is 4.74 Å². The van der Waals surface area contributed by atoms with Crippen molar-refractivity contribution >= 4 is 34.0 Å². The molecule has 1 unspecified atom stereocenters. The molecule has 0 spiro atoms. The van der Waals surface area contributed by atoms with Crippen LogP contribution in [0.5, 0.6) is 0 Å². The van der Waals surface area contributed by atoms with Crippen LogP contribution in [0, 0.1) is 13.7 Å². The summed E-state index contributed by atoms with van der Waals surface area (Å²) in [5.74, 6) is 0. The Bertz CT molecular complexity index is 414. The first-order valence-corrected chi connectivity index (χ1v) is 6.47. The van der Waals surface area contributed by atoms with Crippen LogP contribution in [0.2, 0.25) is 0 Å². The fraction of sp³-hybridized carbons (Fsp3) is 0.455. The maximum Gasteiger partial charge on any atom is 0.293 e. The van der Waals surface area contributed by atoms with Gasteiger partial charge in [0.15, 0.2) is 0 Å². The third-order valence-electron chi connectivity index (χ3n) is 2.31. The number of rotatable bonds is 7. The van der Waals surface area contributed by atoms with E-state index in [4.69, 9.17) is 4.74 Å². The zero-order valence-electron chi connectivity index (χ0n) is 9.93. The maximum atomic E-state index is 10.9. The third-order valence-corrected chi connectivity index (χ3v) is 2.98. The molecule has 100 valence electrons. The Balaban J connectivity index is 2.59. The van der Waals surface area contributed by atoms with Gasteiger partial charge in [0.2, 0.25) is 0 Å². The fourth-order valence-corrected chi connectivity index (χ4v) is 1.93. The third kappa shape index (κ3) is 4.75. The average molecular weight is 366 g/mol. The number of aliphatic hydroxyl groups is 1. The molecule has 0 saturated carbocycles. The van der Waals surface area contributed by atoms with Gasteiger partial charge in [-0.3, -0.25) is 10.1 Å². The molecule has 0 aliphatic carbocycles. The Morgan fingerprint density at radius 2 is 2.33 bits per heavy atom. The molecule has 0 aromatic heterocycles. The molecule has 0 saturated heterocycles. The lowest BCUT2D eigenvalue weighted by Crippen LogP contribution is -2.18. The van der Waals surface area contributed by atoms with Crippen LogP contribution >= 0.6 is 22.6 Å². The predicted molar refractivity (Wildman–Crippen MR) is 76.8 cm³/mol. The quantitative estimate of drug-likeness (QED) is 0.438. The minimum absolute atomic E-state index is 0.0446. The SMILES string of the molecule is COCC(O)CCNc1ccc(I)cc1[N+](=O)[O-]. The standard InChI is InChI=1S/C11H15IN2O4/c1-18-7-9(15)4-5-13-10-3-2-8(12)6-11(10)14(16)17/h2-3,6,9,13,15H,4-5,7H2,1H3. The van der Waals surface area contributed by atoms with Crippen LogP contribution in [0.3, 0.4) is 0 Å². The van der Waals surface area contributed by atoms with Gasteiger partial charge in [-0.25, -0.2) is 0 Å². The average Bonchev–Trinajstić information content (AvgIpc) is 2.31. The Hall–Kier alpha value is -0.930. The molecule has 0 heterocycles. The van der Waals surface area contributed by atoms with Crippen molar-refractivity contribution in [2.24, 2.45) is 0 Å². The van der Waals surface area contributed by atoms with Gasteiger partial charge in [0.25, 0.3) is 5.69 Å². The molecule has 0 bridgehead atoms. The Labute approximate surface area is 119 Å². The summed E-state index contributed by atoms with van der Waals surface area (Å²) < 4.78 is 5.61. The number of nitro groups is 1. The van der Waals surface area contributed by atoms with Crippen LogP contribution in [-0.4, -0.2) is 36.4 Å². The van der Waals surface area contributed by atoms with Crippen molar-refractivity contribution in [3.63, 3.8) is 0 Å². The van der Waals surface area contributed by atoms with Crippen molar-refractivity contribution < 1.29 is 14.8 Å². The maximum absolute atomic E-state index is 10.9. The van der Waals surface area contributed by atoms with Gasteiger partial charge in [0.05, 0.1) is 17.6 Å². The largest absolute Gasteiger partial charge is 0.391 e. The molecule has 0 aliphatic rings. The normalized spacial score (nSPS) is 12.2. The molecule has 6 nitrogen and oxygen atoms in total. The smallest absolute Gasteiger partial charge is 0.293 e. The number of anilines is 1. The molecular weight excluding hydrogens is 351 g/mol. The topological polar surface area (TPSA) is 84.6 Å². The van der Waals surface area contributed by atoms with Crippen LogP contribution in [0.15, 0.2) is 18.2 Å².